The Labute approximate surface area is 184 Å². The summed E-state index contributed by atoms with van der Waals surface area (Å²) in [5.74, 6) is 0.184. The van der Waals surface area contributed by atoms with Crippen LogP contribution in [0.1, 0.15) is 44.1 Å². The van der Waals surface area contributed by atoms with Crippen molar-refractivity contribution >= 4 is 17.5 Å². The fourth-order valence-corrected chi connectivity index (χ4v) is 3.37. The molecule has 2 heterocycles. The maximum absolute atomic E-state index is 12.4. The highest BCUT2D eigenvalue weighted by atomic mass is 19.4. The van der Waals surface area contributed by atoms with Gasteiger partial charge in [0.2, 0.25) is 0 Å². The van der Waals surface area contributed by atoms with Crippen LogP contribution in [0.3, 0.4) is 0 Å². The van der Waals surface area contributed by atoms with E-state index in [0.717, 1.165) is 24.2 Å². The summed E-state index contributed by atoms with van der Waals surface area (Å²) < 4.78 is 41.0. The molecule has 174 valence electrons. The number of carbonyl (C=O) groups excluding carboxylic acids is 1. The van der Waals surface area contributed by atoms with Crippen molar-refractivity contribution < 1.29 is 27.8 Å². The zero-order chi connectivity index (χ0) is 23.7. The molecule has 0 spiro atoms. The number of alkyl halides is 3. The molecule has 2 aromatic rings. The molecular weight excluding hydrogens is 425 g/mol. The maximum Gasteiger partial charge on any atom is 0.573 e. The molecule has 10 heteroatoms. The molecule has 1 atom stereocenters. The Balaban J connectivity index is 1.76. The quantitative estimate of drug-likeness (QED) is 0.714. The highest BCUT2D eigenvalue weighted by Crippen LogP contribution is 2.29. The summed E-state index contributed by atoms with van der Waals surface area (Å²) in [6.07, 6.45) is -4.42. The Kier molecular flexibility index (Phi) is 6.64. The second kappa shape index (κ2) is 8.93. The van der Waals surface area contributed by atoms with Crippen LogP contribution in [0.5, 0.6) is 5.75 Å². The Hall–Kier alpha value is -2.88. The van der Waals surface area contributed by atoms with E-state index in [-0.39, 0.29) is 5.75 Å². The summed E-state index contributed by atoms with van der Waals surface area (Å²) in [5.41, 5.74) is 1.42. The van der Waals surface area contributed by atoms with Crippen LogP contribution >= 0.6 is 0 Å². The number of benzene rings is 1. The van der Waals surface area contributed by atoms with Crippen molar-refractivity contribution in [2.75, 3.05) is 16.8 Å². The van der Waals surface area contributed by atoms with Crippen LogP contribution < -0.4 is 15.0 Å². The molecule has 0 unspecified atom stereocenters. The summed E-state index contributed by atoms with van der Waals surface area (Å²) in [6.45, 7) is 8.19. The molecule has 0 saturated heterocycles. The van der Waals surface area contributed by atoms with E-state index in [1.807, 2.05) is 4.90 Å². The summed E-state index contributed by atoms with van der Waals surface area (Å²) >= 11 is 0. The number of hydrogen-bond acceptors (Lipinski definition) is 6. The number of halogens is 3. The number of ether oxygens (including phenoxy) is 1. The Morgan fingerprint density at radius 2 is 1.88 bits per heavy atom. The van der Waals surface area contributed by atoms with Gasteiger partial charge < -0.3 is 20.1 Å². The van der Waals surface area contributed by atoms with Crippen molar-refractivity contribution in [3.63, 3.8) is 0 Å². The number of carbonyl (C=O) groups is 1. The van der Waals surface area contributed by atoms with Crippen molar-refractivity contribution in [2.45, 2.75) is 59.5 Å². The lowest BCUT2D eigenvalue weighted by molar-refractivity contribution is -0.274. The number of rotatable bonds is 5. The van der Waals surface area contributed by atoms with Crippen LogP contribution in [0.4, 0.5) is 24.8 Å². The SMILES string of the molecule is Cc1nc2c(nc1NC(=O)[C@H](O)C(C)(C)C)CCCN2Cc1ccc(OC(F)(F)F)cc1. The fraction of sp³-hybridized carbons (Fsp3) is 0.500. The lowest BCUT2D eigenvalue weighted by Crippen LogP contribution is -2.39. The number of aliphatic hydroxyl groups excluding tert-OH is 1. The lowest BCUT2D eigenvalue weighted by Gasteiger charge is -2.30. The molecule has 1 aliphatic rings. The van der Waals surface area contributed by atoms with Gasteiger partial charge in [-0.25, -0.2) is 9.97 Å². The standard InChI is InChI=1S/C22H27F3N4O3/c1-13-18(28-20(31)17(30)21(2,3)4)27-16-6-5-11-29(19(16)26-13)12-14-7-9-15(10-8-14)32-22(23,24)25/h7-10,17,30H,5-6,11-12H2,1-4H3,(H,27,28,31)/t17-/m0/s1. The molecule has 3 rings (SSSR count). The summed E-state index contributed by atoms with van der Waals surface area (Å²) in [6, 6.07) is 5.73. The topological polar surface area (TPSA) is 87.6 Å². The van der Waals surface area contributed by atoms with E-state index in [2.05, 4.69) is 20.0 Å². The first kappa shape index (κ1) is 23.8. The second-order valence-electron chi connectivity index (χ2n) is 8.90. The molecule has 2 N–H and O–H groups in total. The number of nitrogens with one attached hydrogen (secondary N) is 1. The third-order valence-corrected chi connectivity index (χ3v) is 5.10. The molecular formula is C22H27F3N4O3. The zero-order valence-corrected chi connectivity index (χ0v) is 18.5. The van der Waals surface area contributed by atoms with E-state index >= 15 is 0 Å². The van der Waals surface area contributed by atoms with Crippen LogP contribution in [0, 0.1) is 12.3 Å². The van der Waals surface area contributed by atoms with Crippen LogP contribution in [-0.4, -0.2) is 40.0 Å². The number of amides is 1. The average Bonchev–Trinajstić information content (AvgIpc) is 2.68. The van der Waals surface area contributed by atoms with E-state index in [9.17, 15) is 23.1 Å². The first-order chi connectivity index (χ1) is 14.8. The van der Waals surface area contributed by atoms with Gasteiger partial charge in [0.15, 0.2) is 11.6 Å². The molecule has 32 heavy (non-hydrogen) atoms. The highest BCUT2D eigenvalue weighted by molar-refractivity contribution is 5.94. The van der Waals surface area contributed by atoms with Crippen LogP contribution in [0.25, 0.3) is 0 Å². The van der Waals surface area contributed by atoms with Gasteiger partial charge in [-0.05, 0) is 42.9 Å². The van der Waals surface area contributed by atoms with E-state index in [0.29, 0.717) is 30.3 Å². The minimum absolute atomic E-state index is 0.270. The third kappa shape index (κ3) is 5.87. The third-order valence-electron chi connectivity index (χ3n) is 5.10. The predicted octanol–water partition coefficient (Wildman–Crippen LogP) is 3.98. The molecule has 7 nitrogen and oxygen atoms in total. The first-order valence-corrected chi connectivity index (χ1v) is 10.3. The molecule has 0 bridgehead atoms. The van der Waals surface area contributed by atoms with E-state index < -0.39 is 23.8 Å². The Morgan fingerprint density at radius 3 is 2.47 bits per heavy atom. The van der Waals surface area contributed by atoms with Gasteiger partial charge in [-0.3, -0.25) is 4.79 Å². The van der Waals surface area contributed by atoms with Gasteiger partial charge in [-0.1, -0.05) is 32.9 Å². The number of aliphatic hydroxyl groups is 1. The van der Waals surface area contributed by atoms with Gasteiger partial charge >= 0.3 is 6.36 Å². The number of hydrogen-bond donors (Lipinski definition) is 2. The van der Waals surface area contributed by atoms with Gasteiger partial charge in [-0.15, -0.1) is 13.2 Å². The molecule has 0 radical (unpaired) electrons. The number of aromatic nitrogens is 2. The largest absolute Gasteiger partial charge is 0.573 e. The summed E-state index contributed by atoms with van der Waals surface area (Å²) in [7, 11) is 0. The highest BCUT2D eigenvalue weighted by Gasteiger charge is 2.32. The van der Waals surface area contributed by atoms with Gasteiger partial charge in [0.05, 0.1) is 11.4 Å². The van der Waals surface area contributed by atoms with Crippen LogP contribution in [0.15, 0.2) is 24.3 Å². The zero-order valence-electron chi connectivity index (χ0n) is 18.5. The summed E-state index contributed by atoms with van der Waals surface area (Å²) in [5, 5.41) is 12.9. The van der Waals surface area contributed by atoms with Gasteiger partial charge in [0.25, 0.3) is 5.91 Å². The molecule has 1 amide bonds. The number of nitrogens with zero attached hydrogens (tertiary/aromatic N) is 3. The van der Waals surface area contributed by atoms with Crippen LogP contribution in [-0.2, 0) is 17.8 Å². The van der Waals surface area contributed by atoms with Crippen molar-refractivity contribution in [1.29, 1.82) is 0 Å². The van der Waals surface area contributed by atoms with Crippen molar-refractivity contribution in [2.24, 2.45) is 5.41 Å². The predicted molar refractivity (Wildman–Crippen MR) is 113 cm³/mol. The number of fused-ring (bicyclic) bond motifs is 1. The number of anilines is 2. The van der Waals surface area contributed by atoms with E-state index in [4.69, 9.17) is 0 Å². The number of aryl methyl sites for hydroxylation is 2. The molecule has 1 aromatic heterocycles. The minimum atomic E-state index is -4.73. The second-order valence-corrected chi connectivity index (χ2v) is 8.90. The molecule has 0 fully saturated rings. The fourth-order valence-electron chi connectivity index (χ4n) is 3.37. The van der Waals surface area contributed by atoms with Crippen molar-refractivity contribution in [1.82, 2.24) is 9.97 Å². The first-order valence-electron chi connectivity index (χ1n) is 10.3. The lowest BCUT2D eigenvalue weighted by atomic mass is 9.88. The van der Waals surface area contributed by atoms with Gasteiger partial charge in [0.1, 0.15) is 11.9 Å². The van der Waals surface area contributed by atoms with E-state index in [1.54, 1.807) is 39.8 Å². The monoisotopic (exact) mass is 452 g/mol. The normalized spacial score (nSPS) is 15.2. The average molecular weight is 452 g/mol. The molecule has 1 aliphatic heterocycles. The van der Waals surface area contributed by atoms with Gasteiger partial charge in [0, 0.05) is 13.1 Å². The van der Waals surface area contributed by atoms with Gasteiger partial charge in [-0.2, -0.15) is 0 Å². The molecule has 0 saturated carbocycles. The molecule has 1 aromatic carbocycles. The van der Waals surface area contributed by atoms with Crippen LogP contribution in [0.2, 0.25) is 0 Å². The van der Waals surface area contributed by atoms with Crippen molar-refractivity contribution in [3.05, 3.63) is 41.2 Å². The van der Waals surface area contributed by atoms with Crippen molar-refractivity contribution in [3.8, 4) is 5.75 Å². The minimum Gasteiger partial charge on any atom is -0.406 e. The smallest absolute Gasteiger partial charge is 0.406 e. The summed E-state index contributed by atoms with van der Waals surface area (Å²) in [4.78, 5) is 23.6. The van der Waals surface area contributed by atoms with E-state index in [1.165, 1.54) is 12.1 Å². The Morgan fingerprint density at radius 1 is 1.22 bits per heavy atom. The molecule has 0 aliphatic carbocycles. The maximum atomic E-state index is 12.4. The Bertz CT molecular complexity index is 972.